The normalized spacial score (nSPS) is 10.7. The van der Waals surface area contributed by atoms with Crippen LogP contribution >= 0.6 is 24.8 Å². The van der Waals surface area contributed by atoms with Gasteiger partial charge in [0, 0.05) is 17.8 Å². The summed E-state index contributed by atoms with van der Waals surface area (Å²) in [5.41, 5.74) is 11.3. The molecule has 0 saturated heterocycles. The van der Waals surface area contributed by atoms with Gasteiger partial charge in [0.25, 0.3) is 0 Å². The minimum Gasteiger partial charge on any atom is -0.478 e. The van der Waals surface area contributed by atoms with Crippen LogP contribution in [0.5, 0.6) is 0 Å². The molecule has 0 aliphatic carbocycles. The van der Waals surface area contributed by atoms with Gasteiger partial charge >= 0.3 is 5.97 Å². The van der Waals surface area contributed by atoms with E-state index >= 15 is 0 Å². The molecule has 1 aromatic heterocycles. The van der Waals surface area contributed by atoms with Gasteiger partial charge in [-0.2, -0.15) is 0 Å². The van der Waals surface area contributed by atoms with Crippen molar-refractivity contribution in [1.82, 2.24) is 4.98 Å². The van der Waals surface area contributed by atoms with Crippen molar-refractivity contribution in [2.24, 2.45) is 11.1 Å². The van der Waals surface area contributed by atoms with Crippen LogP contribution in [0.2, 0.25) is 0 Å². The summed E-state index contributed by atoms with van der Waals surface area (Å²) in [6, 6.07) is 7.88. The number of hydrogen-bond donors (Lipinski definition) is 2. The number of pyridine rings is 1. The van der Waals surface area contributed by atoms with E-state index in [9.17, 15) is 9.90 Å². The molecule has 0 saturated carbocycles. The average molecular weight is 399 g/mol. The smallest absolute Gasteiger partial charge is 0.338 e. The number of rotatable bonds is 4. The summed E-state index contributed by atoms with van der Waals surface area (Å²) >= 11 is 0. The Morgan fingerprint density at radius 1 is 1.12 bits per heavy atom. The zero-order valence-electron chi connectivity index (χ0n) is 15.9. The van der Waals surface area contributed by atoms with Gasteiger partial charge in [-0.3, -0.25) is 4.98 Å². The SMILES string of the molecule is Cc1ccc(-c2c(CN)c(CC(C)(C)C)nc(C)c2C(=O)O)cc1.Cl.Cl. The molecule has 2 rings (SSSR count). The molecule has 3 N–H and O–H groups in total. The Labute approximate surface area is 168 Å². The summed E-state index contributed by atoms with van der Waals surface area (Å²) in [6.07, 6.45) is 0.749. The first-order valence-electron chi connectivity index (χ1n) is 8.17. The zero-order valence-corrected chi connectivity index (χ0v) is 17.6. The molecule has 0 radical (unpaired) electrons. The Morgan fingerprint density at radius 3 is 2.08 bits per heavy atom. The lowest BCUT2D eigenvalue weighted by atomic mass is 9.85. The van der Waals surface area contributed by atoms with E-state index in [-0.39, 0.29) is 42.3 Å². The van der Waals surface area contributed by atoms with Crippen molar-refractivity contribution in [2.75, 3.05) is 0 Å². The highest BCUT2D eigenvalue weighted by Gasteiger charge is 2.24. The maximum atomic E-state index is 11.9. The van der Waals surface area contributed by atoms with Crippen LogP contribution in [-0.4, -0.2) is 16.1 Å². The molecule has 6 heteroatoms. The first-order valence-corrected chi connectivity index (χ1v) is 8.17. The Hall–Kier alpha value is -1.62. The molecular weight excluding hydrogens is 371 g/mol. The number of carbonyl (C=O) groups is 1. The van der Waals surface area contributed by atoms with Gasteiger partial charge in [-0.15, -0.1) is 24.8 Å². The van der Waals surface area contributed by atoms with Crippen LogP contribution in [-0.2, 0) is 13.0 Å². The lowest BCUT2D eigenvalue weighted by Crippen LogP contribution is -2.18. The van der Waals surface area contributed by atoms with E-state index in [0.29, 0.717) is 11.3 Å². The van der Waals surface area contributed by atoms with Gasteiger partial charge in [-0.25, -0.2) is 4.79 Å². The molecule has 26 heavy (non-hydrogen) atoms. The summed E-state index contributed by atoms with van der Waals surface area (Å²) in [6.45, 7) is 10.5. The molecule has 0 atom stereocenters. The molecule has 4 nitrogen and oxygen atoms in total. The van der Waals surface area contributed by atoms with Gasteiger partial charge in [0.05, 0.1) is 11.3 Å². The van der Waals surface area contributed by atoms with Crippen LogP contribution in [0.1, 0.15) is 53.6 Å². The number of nitrogens with two attached hydrogens (primary N) is 1. The van der Waals surface area contributed by atoms with Crippen molar-refractivity contribution in [3.05, 3.63) is 52.3 Å². The van der Waals surface area contributed by atoms with Gasteiger partial charge in [0.15, 0.2) is 0 Å². The predicted octanol–water partition coefficient (Wildman–Crippen LogP) is 4.95. The number of halogens is 2. The van der Waals surface area contributed by atoms with Gasteiger partial charge in [-0.05, 0) is 36.8 Å². The van der Waals surface area contributed by atoms with Crippen LogP contribution < -0.4 is 5.73 Å². The minimum absolute atomic E-state index is 0. The molecule has 2 aromatic rings. The number of carboxylic acids is 1. The summed E-state index contributed by atoms with van der Waals surface area (Å²) in [7, 11) is 0. The highest BCUT2D eigenvalue weighted by atomic mass is 35.5. The molecular formula is C20H28Cl2N2O2. The molecule has 0 bridgehead atoms. The van der Waals surface area contributed by atoms with Gasteiger partial charge in [0.2, 0.25) is 0 Å². The van der Waals surface area contributed by atoms with Gasteiger partial charge in [0.1, 0.15) is 0 Å². The summed E-state index contributed by atoms with van der Waals surface area (Å²) in [4.78, 5) is 16.5. The molecule has 1 aromatic carbocycles. The fourth-order valence-electron chi connectivity index (χ4n) is 2.97. The molecule has 0 unspecified atom stereocenters. The summed E-state index contributed by atoms with van der Waals surface area (Å²) in [5.74, 6) is -0.965. The maximum Gasteiger partial charge on any atom is 0.338 e. The van der Waals surface area contributed by atoms with E-state index < -0.39 is 5.97 Å². The summed E-state index contributed by atoms with van der Waals surface area (Å²) in [5, 5.41) is 9.73. The van der Waals surface area contributed by atoms with E-state index in [4.69, 9.17) is 5.73 Å². The molecule has 0 amide bonds. The van der Waals surface area contributed by atoms with Crippen molar-refractivity contribution in [2.45, 2.75) is 47.6 Å². The fourth-order valence-corrected chi connectivity index (χ4v) is 2.97. The van der Waals surface area contributed by atoms with Crippen LogP contribution in [0.4, 0.5) is 0 Å². The van der Waals surface area contributed by atoms with Crippen LogP contribution in [0.3, 0.4) is 0 Å². The number of carboxylic acid groups (broad SMARTS) is 1. The van der Waals surface area contributed by atoms with Crippen molar-refractivity contribution < 1.29 is 9.90 Å². The number of aromatic nitrogens is 1. The largest absolute Gasteiger partial charge is 0.478 e. The van der Waals surface area contributed by atoms with Crippen molar-refractivity contribution in [1.29, 1.82) is 0 Å². The van der Waals surface area contributed by atoms with E-state index in [1.54, 1.807) is 6.92 Å². The standard InChI is InChI=1S/C20H26N2O2.2ClH/c1-12-6-8-14(9-7-12)18-15(11-21)16(10-20(3,4)5)22-13(2)17(18)19(23)24;;/h6-9H,10-11,21H2,1-5H3,(H,23,24);2*1H. The van der Waals surface area contributed by atoms with E-state index in [1.165, 1.54) is 0 Å². The van der Waals surface area contributed by atoms with E-state index in [0.717, 1.165) is 28.8 Å². The van der Waals surface area contributed by atoms with Gasteiger partial charge in [-0.1, -0.05) is 50.6 Å². The van der Waals surface area contributed by atoms with E-state index in [1.807, 2.05) is 31.2 Å². The molecule has 0 aliphatic rings. The Bertz CT molecular complexity index is 767. The van der Waals surface area contributed by atoms with Gasteiger partial charge < -0.3 is 10.8 Å². The Kier molecular flexibility index (Phi) is 8.77. The number of aryl methyl sites for hydroxylation is 2. The van der Waals surface area contributed by atoms with Crippen LogP contribution in [0.15, 0.2) is 24.3 Å². The van der Waals surface area contributed by atoms with Crippen LogP contribution in [0, 0.1) is 19.3 Å². The quantitative estimate of drug-likeness (QED) is 0.762. The molecule has 1 heterocycles. The first-order chi connectivity index (χ1) is 11.1. The third kappa shape index (κ3) is 5.44. The average Bonchev–Trinajstić information content (AvgIpc) is 2.45. The first kappa shape index (κ1) is 24.4. The van der Waals surface area contributed by atoms with Crippen molar-refractivity contribution in [3.8, 4) is 11.1 Å². The fraction of sp³-hybridized carbons (Fsp3) is 0.400. The molecule has 144 valence electrons. The summed E-state index contributed by atoms with van der Waals surface area (Å²) < 4.78 is 0. The number of nitrogens with zero attached hydrogens (tertiary/aromatic N) is 1. The number of aromatic carboxylic acids is 1. The lowest BCUT2D eigenvalue weighted by molar-refractivity contribution is 0.0696. The second-order valence-corrected chi connectivity index (χ2v) is 7.49. The molecule has 0 fully saturated rings. The second-order valence-electron chi connectivity index (χ2n) is 7.49. The highest BCUT2D eigenvalue weighted by molar-refractivity contribution is 5.98. The van der Waals surface area contributed by atoms with Crippen molar-refractivity contribution >= 4 is 30.8 Å². The zero-order chi connectivity index (χ0) is 18.1. The molecule has 0 spiro atoms. The number of benzene rings is 1. The van der Waals surface area contributed by atoms with Crippen molar-refractivity contribution in [3.63, 3.8) is 0 Å². The third-order valence-corrected chi connectivity index (χ3v) is 4.02. The Balaban J connectivity index is 0.00000312. The topological polar surface area (TPSA) is 76.2 Å². The Morgan fingerprint density at radius 2 is 1.65 bits per heavy atom. The van der Waals surface area contributed by atoms with Crippen LogP contribution in [0.25, 0.3) is 11.1 Å². The predicted molar refractivity (Wildman–Crippen MR) is 112 cm³/mol. The maximum absolute atomic E-state index is 11.9. The third-order valence-electron chi connectivity index (χ3n) is 4.02. The second kappa shape index (κ2) is 9.36. The molecule has 0 aliphatic heterocycles. The lowest BCUT2D eigenvalue weighted by Gasteiger charge is -2.23. The minimum atomic E-state index is -0.965. The number of hydrogen-bond acceptors (Lipinski definition) is 3. The highest BCUT2D eigenvalue weighted by Crippen LogP contribution is 2.34. The monoisotopic (exact) mass is 398 g/mol. The van der Waals surface area contributed by atoms with E-state index in [2.05, 4.69) is 25.8 Å².